The van der Waals surface area contributed by atoms with Crippen molar-refractivity contribution in [2.75, 3.05) is 0 Å². The van der Waals surface area contributed by atoms with E-state index in [2.05, 4.69) is 0 Å². The van der Waals surface area contributed by atoms with Crippen LogP contribution < -0.4 is 0 Å². The molecule has 0 aromatic carbocycles. The molecule has 0 N–H and O–H groups in total. The van der Waals surface area contributed by atoms with Crippen molar-refractivity contribution in [2.45, 2.75) is 0 Å². The average Bonchev–Trinajstić information content (AvgIpc) is 2.07. The van der Waals surface area contributed by atoms with E-state index < -0.39 is 4.23 Å². The molecule has 7 heteroatoms. The van der Waals surface area contributed by atoms with Crippen LogP contribution in [0.5, 0.6) is 0 Å². The molecule has 0 fully saturated rings. The van der Waals surface area contributed by atoms with E-state index in [1.165, 1.54) is 40.7 Å². The fourth-order valence-corrected chi connectivity index (χ4v) is 0.486. The summed E-state index contributed by atoms with van der Waals surface area (Å²) in [6.07, 6.45) is 0. The Morgan fingerprint density at radius 2 is 0.909 bits per heavy atom. The predicted octanol–water partition coefficient (Wildman–Crippen LogP) is 0.673. The molecule has 0 rings (SSSR count). The molecule has 4 nitrogen and oxygen atoms in total. The van der Waals surface area contributed by atoms with Gasteiger partial charge < -0.3 is 0 Å². The van der Waals surface area contributed by atoms with Gasteiger partial charge in [-0.05, 0) is 0 Å². The quantitative estimate of drug-likeness (QED) is 0.377. The standard InChI is InChI=1S/4CHO.Fe.2HI/c4*1-2;;;/h4*1H;;2*1H/q;;;;+2;;/p-2. The molecule has 11 heavy (non-hydrogen) atoms. The summed E-state index contributed by atoms with van der Waals surface area (Å²) in [7, 11) is 0. The summed E-state index contributed by atoms with van der Waals surface area (Å²) in [6, 6.07) is 0. The molecular formula is C4H4FeI2O4. The van der Waals surface area contributed by atoms with Crippen molar-refractivity contribution in [3.05, 3.63) is 0 Å². The minimum absolute atomic E-state index is 0.161. The summed E-state index contributed by atoms with van der Waals surface area (Å²) >= 11 is 2.72. The molecule has 0 atom stereocenters. The van der Waals surface area contributed by atoms with Crippen LogP contribution in [0.15, 0.2) is 0 Å². The van der Waals surface area contributed by atoms with Gasteiger partial charge in [0.2, 0.25) is 0 Å². The third-order valence-electron chi connectivity index (χ3n) is 0.829. The molecule has 0 amide bonds. The first kappa shape index (κ1) is 11.7. The normalized spacial score (nSPS) is 17.3. The Morgan fingerprint density at radius 1 is 0.727 bits per heavy atom. The molecule has 0 bridgehead atoms. The third kappa shape index (κ3) is 1.87. The molecule has 0 aliphatic carbocycles. The number of carbonyl (C=O) groups is 4. The van der Waals surface area contributed by atoms with E-state index in [9.17, 15) is 19.2 Å². The van der Waals surface area contributed by atoms with Crippen LogP contribution in [0.2, 0.25) is 0 Å². The number of rotatable bonds is 4. The van der Waals surface area contributed by atoms with Crippen molar-refractivity contribution >= 4 is 61.4 Å². The van der Waals surface area contributed by atoms with Gasteiger partial charge in [-0.1, -0.05) is 0 Å². The van der Waals surface area contributed by atoms with E-state index in [1.54, 1.807) is 0 Å². The van der Waals surface area contributed by atoms with Gasteiger partial charge in [-0.2, -0.15) is 0 Å². The molecule has 0 aromatic rings. The van der Waals surface area contributed by atoms with Crippen LogP contribution in [0.25, 0.3) is 0 Å². The number of hydrogen-bond donors (Lipinski definition) is 0. The van der Waals surface area contributed by atoms with Gasteiger partial charge in [-0.15, -0.1) is 0 Å². The minimum atomic E-state index is -4.70. The van der Waals surface area contributed by atoms with Gasteiger partial charge in [-0.3, -0.25) is 0 Å². The van der Waals surface area contributed by atoms with Crippen molar-refractivity contribution in [2.24, 2.45) is 0 Å². The monoisotopic (exact) mass is 426 g/mol. The predicted molar refractivity (Wildman–Crippen MR) is 55.0 cm³/mol. The maximum absolute atomic E-state index is 10.5. The second-order valence-electron chi connectivity index (χ2n) is 1.71. The molecule has 66 valence electrons. The Labute approximate surface area is 83.9 Å². The van der Waals surface area contributed by atoms with Gasteiger partial charge in [0, 0.05) is 0 Å². The Bertz CT molecular complexity index is 205. The van der Waals surface area contributed by atoms with E-state index >= 15 is 0 Å². The summed E-state index contributed by atoms with van der Waals surface area (Å²) in [5, 5.41) is 0.643. The van der Waals surface area contributed by atoms with Gasteiger partial charge in [0.25, 0.3) is 0 Å². The molecule has 0 radical (unpaired) electrons. The first-order valence-electron chi connectivity index (χ1n) is 2.03. The van der Waals surface area contributed by atoms with Gasteiger partial charge in [0.15, 0.2) is 0 Å². The zero-order valence-corrected chi connectivity index (χ0v) is 10.5. The Balaban J connectivity index is 5.80. The van der Waals surface area contributed by atoms with Gasteiger partial charge >= 0.3 is 84.8 Å². The number of hydrogen-bond acceptors (Lipinski definition) is 4. The second-order valence-corrected chi connectivity index (χ2v) is 30.7. The average molecular weight is 426 g/mol. The summed E-state index contributed by atoms with van der Waals surface area (Å²) < 4.78 is -4.70. The first-order chi connectivity index (χ1) is 4.80. The molecule has 0 unspecified atom stereocenters. The molecule has 0 aliphatic rings. The van der Waals surface area contributed by atoms with E-state index in [0.29, 0.717) is 0 Å². The summed E-state index contributed by atoms with van der Waals surface area (Å²) in [6.45, 7) is 0. The van der Waals surface area contributed by atoms with Crippen LogP contribution in [0.4, 0.5) is 0 Å². The summed E-state index contributed by atoms with van der Waals surface area (Å²) in [5.74, 6) is 0. The second kappa shape index (κ2) is 2.57. The van der Waals surface area contributed by atoms with Crippen LogP contribution in [-0.4, -0.2) is 20.7 Å². The Morgan fingerprint density at radius 3 is 0.909 bits per heavy atom. The van der Waals surface area contributed by atoms with Crippen molar-refractivity contribution in [3.8, 4) is 0 Å². The molecule has 0 saturated carbocycles. The molecular weight excluding hydrogens is 422 g/mol. The van der Waals surface area contributed by atoms with E-state index in [0.717, 1.165) is 0 Å². The Kier molecular flexibility index (Phi) is 2.73. The van der Waals surface area contributed by atoms with Crippen LogP contribution in [0, 0.1) is 0 Å². The Hall–Kier alpha value is 0.659. The summed E-state index contributed by atoms with van der Waals surface area (Å²) in [4.78, 5) is 42.1. The van der Waals surface area contributed by atoms with Crippen molar-refractivity contribution in [3.63, 3.8) is 0 Å². The van der Waals surface area contributed by atoms with Crippen LogP contribution in [-0.2, 0) is 23.4 Å². The number of carbonyl (C=O) groups excluding carboxylic acids is 4. The number of halogens is 2. The van der Waals surface area contributed by atoms with Crippen LogP contribution in [0.1, 0.15) is 0 Å². The van der Waals surface area contributed by atoms with E-state index in [-0.39, 0.29) is 20.7 Å². The van der Waals surface area contributed by atoms with Crippen LogP contribution in [0.3, 0.4) is 0 Å². The van der Waals surface area contributed by atoms with E-state index in [1.807, 2.05) is 0 Å². The summed E-state index contributed by atoms with van der Waals surface area (Å²) in [5.41, 5.74) is 0. The third-order valence-corrected chi connectivity index (χ3v) is 9.35. The van der Waals surface area contributed by atoms with Crippen molar-refractivity contribution < 1.29 is 23.4 Å². The van der Waals surface area contributed by atoms with Gasteiger partial charge in [0.1, 0.15) is 0 Å². The molecule has 0 aromatic heterocycles. The van der Waals surface area contributed by atoms with Crippen molar-refractivity contribution in [1.82, 2.24) is 0 Å². The van der Waals surface area contributed by atoms with Gasteiger partial charge in [-0.25, -0.2) is 0 Å². The molecule has 0 saturated heterocycles. The molecule has 0 aliphatic heterocycles. The van der Waals surface area contributed by atoms with Crippen molar-refractivity contribution in [1.29, 1.82) is 0 Å². The first-order valence-corrected chi connectivity index (χ1v) is 11.7. The SMILES string of the molecule is O=[CH][Fe]([I])([I])([CH]=O)([CH]=O)[CH]=O. The van der Waals surface area contributed by atoms with Crippen LogP contribution >= 0.6 is 40.7 Å². The van der Waals surface area contributed by atoms with Gasteiger partial charge in [0.05, 0.1) is 0 Å². The topological polar surface area (TPSA) is 68.3 Å². The fourth-order valence-electron chi connectivity index (χ4n) is 0.118. The zero-order chi connectivity index (χ0) is 9.24. The van der Waals surface area contributed by atoms with E-state index in [4.69, 9.17) is 0 Å². The maximum atomic E-state index is 10.5. The molecule has 0 heterocycles. The fraction of sp³-hybridized carbons (Fsp3) is 0. The molecule has 0 spiro atoms. The zero-order valence-electron chi connectivity index (χ0n) is 5.05.